The van der Waals surface area contributed by atoms with Crippen molar-refractivity contribution < 1.29 is 14.2 Å². The van der Waals surface area contributed by atoms with Crippen molar-refractivity contribution in [3.05, 3.63) is 23.8 Å². The summed E-state index contributed by atoms with van der Waals surface area (Å²) in [5.74, 6) is 4.92. The molecule has 0 aromatic heterocycles. The van der Waals surface area contributed by atoms with Crippen LogP contribution in [-0.2, 0) is 4.74 Å². The fourth-order valence-corrected chi connectivity index (χ4v) is 2.26. The van der Waals surface area contributed by atoms with Gasteiger partial charge in [-0.15, -0.1) is 6.42 Å². The fourth-order valence-electron chi connectivity index (χ4n) is 2.26. The molecule has 2 rings (SSSR count). The lowest BCUT2D eigenvalue weighted by atomic mass is 9.92. The van der Waals surface area contributed by atoms with Crippen molar-refractivity contribution in [3.63, 3.8) is 0 Å². The third-order valence-electron chi connectivity index (χ3n) is 3.40. The highest BCUT2D eigenvalue weighted by Gasteiger charge is 2.28. The lowest BCUT2D eigenvalue weighted by Gasteiger charge is -2.32. The van der Waals surface area contributed by atoms with Crippen LogP contribution in [0.2, 0.25) is 0 Å². The van der Waals surface area contributed by atoms with Crippen LogP contribution < -0.4 is 9.47 Å². The smallest absolute Gasteiger partial charge is 0.148 e. The van der Waals surface area contributed by atoms with Gasteiger partial charge in [-0.3, -0.25) is 0 Å². The van der Waals surface area contributed by atoms with E-state index in [1.54, 1.807) is 0 Å². The third kappa shape index (κ3) is 3.46. The zero-order chi connectivity index (χ0) is 14.5. The third-order valence-corrected chi connectivity index (χ3v) is 3.40. The molecule has 0 aliphatic carbocycles. The Bertz CT molecular complexity index is 487. The molecule has 0 saturated carbocycles. The summed E-state index contributed by atoms with van der Waals surface area (Å²) in [5, 5.41) is 0. The second-order valence-electron chi connectivity index (χ2n) is 5.56. The van der Waals surface area contributed by atoms with Crippen LogP contribution in [0.5, 0.6) is 11.5 Å². The van der Waals surface area contributed by atoms with Crippen molar-refractivity contribution in [1.29, 1.82) is 0 Å². The molecule has 0 N–H and O–H groups in total. The van der Waals surface area contributed by atoms with Crippen LogP contribution in [0.1, 0.15) is 32.3 Å². The van der Waals surface area contributed by atoms with Gasteiger partial charge in [0.15, 0.2) is 0 Å². The summed E-state index contributed by atoms with van der Waals surface area (Å²) in [7, 11) is 0. The minimum absolute atomic E-state index is 0.113. The van der Waals surface area contributed by atoms with Gasteiger partial charge in [-0.05, 0) is 17.5 Å². The highest BCUT2D eigenvalue weighted by Crippen LogP contribution is 2.37. The lowest BCUT2D eigenvalue weighted by molar-refractivity contribution is -0.0157. The average Bonchev–Trinajstić information content (AvgIpc) is 2.44. The summed E-state index contributed by atoms with van der Waals surface area (Å²) in [6, 6.07) is 5.87. The van der Waals surface area contributed by atoms with Crippen molar-refractivity contribution in [2.24, 2.45) is 5.92 Å². The van der Waals surface area contributed by atoms with Crippen molar-refractivity contribution in [2.45, 2.75) is 32.8 Å². The van der Waals surface area contributed by atoms with Gasteiger partial charge in [-0.1, -0.05) is 32.8 Å². The Kier molecular flexibility index (Phi) is 4.92. The molecule has 1 aromatic carbocycles. The Morgan fingerprint density at radius 3 is 2.95 bits per heavy atom. The van der Waals surface area contributed by atoms with Gasteiger partial charge in [-0.2, -0.15) is 0 Å². The molecule has 1 heterocycles. The largest absolute Gasteiger partial charge is 0.490 e. The van der Waals surface area contributed by atoms with Gasteiger partial charge in [-0.25, -0.2) is 0 Å². The topological polar surface area (TPSA) is 27.7 Å². The molecule has 3 heteroatoms. The maximum atomic E-state index is 5.93. The molecule has 0 amide bonds. The number of benzene rings is 1. The van der Waals surface area contributed by atoms with Crippen LogP contribution >= 0.6 is 0 Å². The molecule has 0 fully saturated rings. The minimum Gasteiger partial charge on any atom is -0.490 e. The van der Waals surface area contributed by atoms with Crippen molar-refractivity contribution in [1.82, 2.24) is 0 Å². The van der Waals surface area contributed by atoms with Crippen LogP contribution in [-0.4, -0.2) is 25.9 Å². The van der Waals surface area contributed by atoms with Gasteiger partial charge in [0.1, 0.15) is 24.7 Å². The highest BCUT2D eigenvalue weighted by molar-refractivity contribution is 5.44. The molecule has 1 aliphatic rings. The summed E-state index contributed by atoms with van der Waals surface area (Å²) >= 11 is 0. The molecule has 3 nitrogen and oxygen atoms in total. The predicted octanol–water partition coefficient (Wildman–Crippen LogP) is 3.24. The summed E-state index contributed by atoms with van der Waals surface area (Å²) in [6.45, 7) is 8.09. The van der Waals surface area contributed by atoms with E-state index in [1.807, 2.05) is 18.2 Å². The number of hydrogen-bond donors (Lipinski definition) is 0. The van der Waals surface area contributed by atoms with Crippen LogP contribution in [0.4, 0.5) is 0 Å². The molecule has 1 aromatic rings. The van der Waals surface area contributed by atoms with Gasteiger partial charge in [0, 0.05) is 18.6 Å². The van der Waals surface area contributed by atoms with Crippen LogP contribution in [0, 0.1) is 18.3 Å². The fraction of sp³-hybridized carbons (Fsp3) is 0.529. The Hall–Kier alpha value is -1.66. The zero-order valence-electron chi connectivity index (χ0n) is 12.4. The molecular weight excluding hydrogens is 252 g/mol. The van der Waals surface area contributed by atoms with E-state index >= 15 is 0 Å². The van der Waals surface area contributed by atoms with Crippen molar-refractivity contribution >= 4 is 0 Å². The number of fused-ring (bicyclic) bond motifs is 1. The van der Waals surface area contributed by atoms with E-state index in [4.69, 9.17) is 20.6 Å². The molecule has 20 heavy (non-hydrogen) atoms. The van der Waals surface area contributed by atoms with E-state index < -0.39 is 0 Å². The van der Waals surface area contributed by atoms with E-state index in [1.165, 1.54) is 0 Å². The molecule has 0 radical (unpaired) electrons. The normalized spacial score (nSPS) is 20.9. The lowest BCUT2D eigenvalue weighted by Crippen LogP contribution is -2.33. The van der Waals surface area contributed by atoms with Gasteiger partial charge in [0.2, 0.25) is 0 Å². The van der Waals surface area contributed by atoms with Crippen LogP contribution in [0.15, 0.2) is 18.2 Å². The first-order valence-corrected chi connectivity index (χ1v) is 7.06. The molecule has 0 saturated heterocycles. The quantitative estimate of drug-likeness (QED) is 0.772. The number of rotatable bonds is 5. The number of hydrogen-bond acceptors (Lipinski definition) is 3. The van der Waals surface area contributed by atoms with Crippen molar-refractivity contribution in [3.8, 4) is 23.8 Å². The number of terminal acetylenes is 1. The molecule has 0 bridgehead atoms. The molecule has 0 spiro atoms. The predicted molar refractivity (Wildman–Crippen MR) is 79.3 cm³/mol. The van der Waals surface area contributed by atoms with E-state index in [9.17, 15) is 0 Å². The van der Waals surface area contributed by atoms with Crippen LogP contribution in [0.25, 0.3) is 0 Å². The van der Waals surface area contributed by atoms with Gasteiger partial charge < -0.3 is 14.2 Å². The molecular formula is C17H22O3. The Morgan fingerprint density at radius 2 is 2.25 bits per heavy atom. The van der Waals surface area contributed by atoms with Gasteiger partial charge in [0.25, 0.3) is 0 Å². The minimum atomic E-state index is 0.113. The maximum absolute atomic E-state index is 5.93. The van der Waals surface area contributed by atoms with Crippen molar-refractivity contribution in [2.75, 3.05) is 19.8 Å². The molecule has 0 unspecified atom stereocenters. The van der Waals surface area contributed by atoms with Gasteiger partial charge in [0.05, 0.1) is 6.10 Å². The van der Waals surface area contributed by atoms with E-state index in [0.29, 0.717) is 18.4 Å². The second kappa shape index (κ2) is 6.67. The Morgan fingerprint density at radius 1 is 1.45 bits per heavy atom. The summed E-state index contributed by atoms with van der Waals surface area (Å²) in [6.07, 6.45) is 5.30. The summed E-state index contributed by atoms with van der Waals surface area (Å²) in [4.78, 5) is 0. The summed E-state index contributed by atoms with van der Waals surface area (Å²) in [5.41, 5.74) is 1.16. The first-order chi connectivity index (χ1) is 9.61. The molecule has 2 atom stereocenters. The van der Waals surface area contributed by atoms with E-state index in [0.717, 1.165) is 23.7 Å². The molecule has 108 valence electrons. The zero-order valence-corrected chi connectivity index (χ0v) is 12.4. The Labute approximate surface area is 121 Å². The van der Waals surface area contributed by atoms with Crippen LogP contribution in [0.3, 0.4) is 0 Å². The SMILES string of the molecule is C#CCOc1ccc2c(c1)OC[C@@H](OCC(C)C)[C@H]2C. The highest BCUT2D eigenvalue weighted by atomic mass is 16.5. The van der Waals surface area contributed by atoms with E-state index in [-0.39, 0.29) is 12.7 Å². The second-order valence-corrected chi connectivity index (χ2v) is 5.56. The monoisotopic (exact) mass is 274 g/mol. The van der Waals surface area contributed by atoms with Gasteiger partial charge >= 0.3 is 0 Å². The summed E-state index contributed by atoms with van der Waals surface area (Å²) < 4.78 is 17.1. The first kappa shape index (κ1) is 14.7. The first-order valence-electron chi connectivity index (χ1n) is 7.06. The number of ether oxygens (including phenoxy) is 3. The average molecular weight is 274 g/mol. The molecule has 1 aliphatic heterocycles. The van der Waals surface area contributed by atoms with E-state index in [2.05, 4.69) is 26.7 Å². The maximum Gasteiger partial charge on any atom is 0.148 e. The Balaban J connectivity index is 2.07. The standard InChI is InChI=1S/C17H22O3/c1-5-8-18-14-6-7-15-13(4)17(19-10-12(2)3)11-20-16(15)9-14/h1,6-7,9,12-13,17H,8,10-11H2,2-4H3/t13-,17+/m0/s1.